The number of ether oxygens (including phenoxy) is 1. The van der Waals surface area contributed by atoms with Gasteiger partial charge in [0, 0.05) is 11.1 Å². The van der Waals surface area contributed by atoms with Crippen molar-refractivity contribution in [2.24, 2.45) is 4.99 Å². The molecule has 0 aliphatic rings. The van der Waals surface area contributed by atoms with E-state index in [1.165, 1.54) is 19.5 Å². The monoisotopic (exact) mass is 409 g/mol. The lowest BCUT2D eigenvalue weighted by molar-refractivity contribution is -0.142. The lowest BCUT2D eigenvalue weighted by atomic mass is 10.0. The summed E-state index contributed by atoms with van der Waals surface area (Å²) >= 11 is 3.25. The molecule has 0 saturated carbocycles. The summed E-state index contributed by atoms with van der Waals surface area (Å²) in [5.41, 5.74) is 2.91. The Labute approximate surface area is 159 Å². The molecule has 1 unspecified atom stereocenters. The van der Waals surface area contributed by atoms with Crippen LogP contribution in [0.1, 0.15) is 22.9 Å². The molecule has 0 aliphatic heterocycles. The van der Waals surface area contributed by atoms with Crippen molar-refractivity contribution >= 4 is 27.6 Å². The Kier molecular flexibility index (Phi) is 5.86. The van der Waals surface area contributed by atoms with Crippen molar-refractivity contribution in [1.29, 1.82) is 0 Å². The number of hydrogen-bond acceptors (Lipinski definition) is 5. The molecule has 0 bridgehead atoms. The van der Waals surface area contributed by atoms with Crippen LogP contribution in [0.3, 0.4) is 0 Å². The smallest absolute Gasteiger partial charge is 0.336 e. The Morgan fingerprint density at radius 3 is 2.00 bits per heavy atom. The van der Waals surface area contributed by atoms with Gasteiger partial charge >= 0.3 is 5.97 Å². The fraction of sp³-hybridized carbons (Fsp3) is 0.100. The number of esters is 1. The molecule has 0 radical (unpaired) electrons. The quantitative estimate of drug-likeness (QED) is 0.471. The number of methoxy groups -OCH3 is 1. The number of rotatable bonds is 5. The topological polar surface area (TPSA) is 64.4 Å². The highest BCUT2D eigenvalue weighted by atomic mass is 79.9. The Bertz CT molecular complexity index is 856. The molecule has 26 heavy (non-hydrogen) atoms. The molecule has 0 amide bonds. The van der Waals surface area contributed by atoms with E-state index in [1.807, 2.05) is 60.7 Å². The molecule has 130 valence electrons. The molecule has 5 nitrogen and oxygen atoms in total. The predicted octanol–water partition coefficient (Wildman–Crippen LogP) is 3.99. The standard InChI is InChI=1S/C20H16BrN3O2/c1-26-20(25)19(16-12-23-17(21)13-22-16)24-18(14-8-4-2-5-9-14)15-10-6-3-7-11-15/h2-13,19H,1H3. The van der Waals surface area contributed by atoms with Gasteiger partial charge in [-0.2, -0.15) is 0 Å². The summed E-state index contributed by atoms with van der Waals surface area (Å²) in [7, 11) is 1.34. The van der Waals surface area contributed by atoms with E-state index in [0.29, 0.717) is 16.0 Å². The molecule has 1 atom stereocenters. The number of benzene rings is 2. The van der Waals surface area contributed by atoms with Gasteiger partial charge in [-0.3, -0.25) is 9.98 Å². The summed E-state index contributed by atoms with van der Waals surface area (Å²) < 4.78 is 5.53. The second-order valence-corrected chi connectivity index (χ2v) is 6.21. The Morgan fingerprint density at radius 2 is 1.54 bits per heavy atom. The zero-order chi connectivity index (χ0) is 18.4. The molecule has 1 heterocycles. The van der Waals surface area contributed by atoms with E-state index in [9.17, 15) is 4.79 Å². The number of halogens is 1. The van der Waals surface area contributed by atoms with Gasteiger partial charge in [0.05, 0.1) is 30.9 Å². The summed E-state index contributed by atoms with van der Waals surface area (Å²) in [4.78, 5) is 25.5. The van der Waals surface area contributed by atoms with Gasteiger partial charge < -0.3 is 4.74 Å². The minimum atomic E-state index is -0.906. The van der Waals surface area contributed by atoms with E-state index < -0.39 is 12.0 Å². The first-order valence-electron chi connectivity index (χ1n) is 7.93. The van der Waals surface area contributed by atoms with Gasteiger partial charge in [0.1, 0.15) is 4.60 Å². The molecule has 2 aromatic carbocycles. The third kappa shape index (κ3) is 4.21. The zero-order valence-corrected chi connectivity index (χ0v) is 15.6. The van der Waals surface area contributed by atoms with E-state index in [1.54, 1.807) is 0 Å². The SMILES string of the molecule is COC(=O)C(N=C(c1ccccc1)c1ccccc1)c1cnc(Br)cn1. The average molecular weight is 410 g/mol. The normalized spacial score (nSPS) is 11.5. The van der Waals surface area contributed by atoms with Crippen molar-refractivity contribution in [2.45, 2.75) is 6.04 Å². The first-order valence-corrected chi connectivity index (χ1v) is 8.72. The van der Waals surface area contributed by atoms with Crippen molar-refractivity contribution in [3.8, 4) is 0 Å². The van der Waals surface area contributed by atoms with Crippen LogP contribution >= 0.6 is 15.9 Å². The summed E-state index contributed by atoms with van der Waals surface area (Å²) in [6.45, 7) is 0. The molecule has 0 N–H and O–H groups in total. The van der Waals surface area contributed by atoms with Gasteiger partial charge in [-0.1, -0.05) is 60.7 Å². The largest absolute Gasteiger partial charge is 0.467 e. The van der Waals surface area contributed by atoms with Crippen LogP contribution in [0.5, 0.6) is 0 Å². The summed E-state index contributed by atoms with van der Waals surface area (Å²) in [5.74, 6) is -0.494. The van der Waals surface area contributed by atoms with Crippen molar-refractivity contribution < 1.29 is 9.53 Å². The first-order chi connectivity index (χ1) is 12.7. The third-order valence-electron chi connectivity index (χ3n) is 3.70. The number of aliphatic imine (C=N–C) groups is 1. The van der Waals surface area contributed by atoms with E-state index in [4.69, 9.17) is 9.73 Å². The number of aromatic nitrogens is 2. The van der Waals surface area contributed by atoms with Gasteiger partial charge in [0.25, 0.3) is 0 Å². The van der Waals surface area contributed by atoms with E-state index in [2.05, 4.69) is 25.9 Å². The maximum atomic E-state index is 12.4. The van der Waals surface area contributed by atoms with Crippen LogP contribution in [0, 0.1) is 0 Å². The van der Waals surface area contributed by atoms with Crippen molar-refractivity contribution in [2.75, 3.05) is 7.11 Å². The number of carbonyl (C=O) groups excluding carboxylic acids is 1. The fourth-order valence-corrected chi connectivity index (χ4v) is 2.66. The van der Waals surface area contributed by atoms with Crippen molar-refractivity contribution in [3.63, 3.8) is 0 Å². The highest BCUT2D eigenvalue weighted by molar-refractivity contribution is 9.10. The lowest BCUT2D eigenvalue weighted by Gasteiger charge is -2.14. The van der Waals surface area contributed by atoms with Crippen LogP contribution in [0.4, 0.5) is 0 Å². The third-order valence-corrected chi connectivity index (χ3v) is 4.11. The predicted molar refractivity (Wildman–Crippen MR) is 103 cm³/mol. The maximum Gasteiger partial charge on any atom is 0.336 e. The molecule has 1 aromatic heterocycles. The Hall–Kier alpha value is -2.86. The van der Waals surface area contributed by atoms with Crippen LogP contribution in [-0.2, 0) is 9.53 Å². The first kappa shape index (κ1) is 17.9. The van der Waals surface area contributed by atoms with Crippen molar-refractivity contribution in [1.82, 2.24) is 9.97 Å². The highest BCUT2D eigenvalue weighted by Gasteiger charge is 2.24. The zero-order valence-electron chi connectivity index (χ0n) is 14.0. The number of nitrogens with zero attached hydrogens (tertiary/aromatic N) is 3. The summed E-state index contributed by atoms with van der Waals surface area (Å²) in [6, 6.07) is 18.5. The van der Waals surface area contributed by atoms with Crippen LogP contribution in [0.25, 0.3) is 0 Å². The van der Waals surface area contributed by atoms with E-state index in [0.717, 1.165) is 11.1 Å². The van der Waals surface area contributed by atoms with Gasteiger partial charge in [0.15, 0.2) is 6.04 Å². The molecule has 0 aliphatic carbocycles. The Morgan fingerprint density at radius 1 is 0.962 bits per heavy atom. The van der Waals surface area contributed by atoms with Crippen LogP contribution in [0.15, 0.2) is 82.7 Å². The average Bonchev–Trinajstić information content (AvgIpc) is 2.70. The van der Waals surface area contributed by atoms with Gasteiger partial charge in [0.2, 0.25) is 0 Å². The van der Waals surface area contributed by atoms with E-state index in [-0.39, 0.29) is 0 Å². The molecular weight excluding hydrogens is 394 g/mol. The van der Waals surface area contributed by atoms with E-state index >= 15 is 0 Å². The fourth-order valence-electron chi connectivity index (χ4n) is 2.45. The Balaban J connectivity index is 2.14. The molecule has 3 rings (SSSR count). The van der Waals surface area contributed by atoms with Crippen LogP contribution < -0.4 is 0 Å². The van der Waals surface area contributed by atoms with Crippen LogP contribution in [-0.4, -0.2) is 28.8 Å². The molecule has 3 aromatic rings. The molecule has 6 heteroatoms. The van der Waals surface area contributed by atoms with Crippen molar-refractivity contribution in [3.05, 3.63) is 94.5 Å². The molecule has 0 fully saturated rings. The highest BCUT2D eigenvalue weighted by Crippen LogP contribution is 2.21. The molecular formula is C20H16BrN3O2. The summed E-state index contributed by atoms with van der Waals surface area (Å²) in [6.07, 6.45) is 3.05. The van der Waals surface area contributed by atoms with Gasteiger partial charge in [-0.05, 0) is 15.9 Å². The molecule has 0 saturated heterocycles. The minimum absolute atomic E-state index is 0.421. The van der Waals surface area contributed by atoms with Gasteiger partial charge in [-0.15, -0.1) is 0 Å². The van der Waals surface area contributed by atoms with Crippen LogP contribution in [0.2, 0.25) is 0 Å². The molecule has 0 spiro atoms. The number of carbonyl (C=O) groups is 1. The second kappa shape index (κ2) is 8.49. The second-order valence-electron chi connectivity index (χ2n) is 5.40. The summed E-state index contributed by atoms with van der Waals surface area (Å²) in [5, 5.41) is 0. The van der Waals surface area contributed by atoms with Gasteiger partial charge in [-0.25, -0.2) is 9.78 Å². The minimum Gasteiger partial charge on any atom is -0.467 e. The number of hydrogen-bond donors (Lipinski definition) is 0. The maximum absolute atomic E-state index is 12.4. The lowest BCUT2D eigenvalue weighted by Crippen LogP contribution is -2.17.